The topological polar surface area (TPSA) is 59.6 Å². The summed E-state index contributed by atoms with van der Waals surface area (Å²) in [5, 5.41) is 2.32. The molecule has 0 spiro atoms. The zero-order valence-corrected chi connectivity index (χ0v) is 16.0. The van der Waals surface area contributed by atoms with Crippen LogP contribution in [0.4, 0.5) is 0 Å². The van der Waals surface area contributed by atoms with E-state index in [-0.39, 0.29) is 0 Å². The van der Waals surface area contributed by atoms with E-state index in [0.717, 1.165) is 52.7 Å². The number of halogens is 2. The maximum atomic E-state index is 6.45. The minimum Gasteiger partial charge on any atom is -0.351 e. The van der Waals surface area contributed by atoms with E-state index in [2.05, 4.69) is 15.6 Å². The number of nitrogens with zero attached hydrogens (tertiary/aromatic N) is 2. The molecule has 0 saturated carbocycles. The normalized spacial score (nSPS) is 11.7. The third kappa shape index (κ3) is 2.88. The Morgan fingerprint density at radius 3 is 2.73 bits per heavy atom. The molecule has 4 rings (SSSR count). The summed E-state index contributed by atoms with van der Waals surface area (Å²) >= 11 is 12.7. The number of H-pyrrole nitrogens is 1. The van der Waals surface area contributed by atoms with Crippen LogP contribution in [0.2, 0.25) is 10.0 Å². The van der Waals surface area contributed by atoms with E-state index in [1.54, 1.807) is 6.07 Å². The van der Waals surface area contributed by atoms with Gasteiger partial charge in [-0.2, -0.15) is 0 Å². The van der Waals surface area contributed by atoms with Crippen molar-refractivity contribution in [2.24, 2.45) is 12.8 Å². The van der Waals surface area contributed by atoms with Crippen LogP contribution in [0.5, 0.6) is 0 Å². The highest BCUT2D eigenvalue weighted by atomic mass is 35.5. The van der Waals surface area contributed by atoms with Crippen molar-refractivity contribution in [3.8, 4) is 11.5 Å². The van der Waals surface area contributed by atoms with Crippen LogP contribution in [-0.2, 0) is 13.5 Å². The van der Waals surface area contributed by atoms with Gasteiger partial charge in [0.15, 0.2) is 5.82 Å². The van der Waals surface area contributed by atoms with Gasteiger partial charge in [-0.1, -0.05) is 35.3 Å². The van der Waals surface area contributed by atoms with Gasteiger partial charge in [0.25, 0.3) is 0 Å². The molecule has 0 aliphatic carbocycles. The fraction of sp³-hybridized carbons (Fsp3) is 0.250. The fourth-order valence-electron chi connectivity index (χ4n) is 3.54. The van der Waals surface area contributed by atoms with E-state index in [4.69, 9.17) is 33.9 Å². The summed E-state index contributed by atoms with van der Waals surface area (Å²) in [7, 11) is 2.04. The molecule has 0 amide bonds. The Hall–Kier alpha value is -2.01. The summed E-state index contributed by atoms with van der Waals surface area (Å²) in [6.45, 7) is 0.686. The number of nitrogens with one attached hydrogen (secondary N) is 1. The van der Waals surface area contributed by atoms with Crippen LogP contribution >= 0.6 is 23.2 Å². The third-order valence-electron chi connectivity index (χ3n) is 4.82. The average Bonchev–Trinajstić information content (AvgIpc) is 3.14. The molecule has 4 nitrogen and oxygen atoms in total. The predicted molar refractivity (Wildman–Crippen MR) is 110 cm³/mol. The molecule has 0 fully saturated rings. The maximum Gasteiger partial charge on any atom is 0.157 e. The molecule has 134 valence electrons. The molecule has 0 aliphatic heterocycles. The monoisotopic (exact) mass is 386 g/mol. The molecule has 4 aromatic rings. The smallest absolute Gasteiger partial charge is 0.157 e. The van der Waals surface area contributed by atoms with Gasteiger partial charge in [0, 0.05) is 17.5 Å². The molecule has 0 unspecified atom stereocenters. The minimum absolute atomic E-state index is 0.623. The lowest BCUT2D eigenvalue weighted by Crippen LogP contribution is -2.00. The van der Waals surface area contributed by atoms with Crippen molar-refractivity contribution < 1.29 is 0 Å². The van der Waals surface area contributed by atoms with E-state index in [1.807, 2.05) is 31.3 Å². The highest BCUT2D eigenvalue weighted by molar-refractivity contribution is 6.38. The van der Waals surface area contributed by atoms with Gasteiger partial charge >= 0.3 is 0 Å². The van der Waals surface area contributed by atoms with Gasteiger partial charge in [0.1, 0.15) is 0 Å². The molecule has 3 N–H and O–H groups in total. The number of unbranched alkanes of at least 4 members (excludes halogenated alkanes) is 1. The maximum absolute atomic E-state index is 6.45. The average molecular weight is 387 g/mol. The van der Waals surface area contributed by atoms with E-state index in [9.17, 15) is 0 Å². The highest BCUT2D eigenvalue weighted by Gasteiger charge is 2.20. The van der Waals surface area contributed by atoms with Gasteiger partial charge in [0.2, 0.25) is 0 Å². The minimum atomic E-state index is 0.623. The Balaban J connectivity index is 1.96. The molecule has 0 saturated heterocycles. The summed E-state index contributed by atoms with van der Waals surface area (Å²) in [6.07, 6.45) is 2.87. The van der Waals surface area contributed by atoms with Crippen molar-refractivity contribution in [1.29, 1.82) is 0 Å². The van der Waals surface area contributed by atoms with Crippen LogP contribution in [0, 0.1) is 0 Å². The van der Waals surface area contributed by atoms with E-state index in [1.165, 1.54) is 5.56 Å². The molecular formula is C20H20Cl2N4. The number of rotatable bonds is 5. The molecule has 26 heavy (non-hydrogen) atoms. The van der Waals surface area contributed by atoms with E-state index in [0.29, 0.717) is 16.6 Å². The van der Waals surface area contributed by atoms with E-state index >= 15 is 0 Å². The summed E-state index contributed by atoms with van der Waals surface area (Å²) in [5.41, 5.74) is 10.8. The Labute approximate surface area is 161 Å². The number of fused-ring (bicyclic) bond motifs is 2. The van der Waals surface area contributed by atoms with Crippen molar-refractivity contribution in [3.05, 3.63) is 52.0 Å². The first kappa shape index (κ1) is 17.4. The lowest BCUT2D eigenvalue weighted by molar-refractivity contribution is 0.747. The lowest BCUT2D eigenvalue weighted by Gasteiger charge is -2.06. The number of imidazole rings is 1. The molecule has 0 atom stereocenters. The molecule has 2 aromatic carbocycles. The number of aryl methyl sites for hydroxylation is 2. The molecular weight excluding hydrogens is 367 g/mol. The Kier molecular flexibility index (Phi) is 4.65. The number of aromatic nitrogens is 3. The Morgan fingerprint density at radius 1 is 1.15 bits per heavy atom. The first-order valence-electron chi connectivity index (χ1n) is 8.71. The van der Waals surface area contributed by atoms with Crippen molar-refractivity contribution in [2.75, 3.05) is 6.54 Å². The summed E-state index contributed by atoms with van der Waals surface area (Å²) in [5.74, 6) is 0.900. The lowest BCUT2D eigenvalue weighted by atomic mass is 10.0. The van der Waals surface area contributed by atoms with Gasteiger partial charge < -0.3 is 15.3 Å². The zero-order chi connectivity index (χ0) is 18.3. The van der Waals surface area contributed by atoms with Crippen LogP contribution in [0.15, 0.2) is 36.4 Å². The molecule has 0 bridgehead atoms. The molecule has 6 heteroatoms. The van der Waals surface area contributed by atoms with Crippen LogP contribution in [0.25, 0.3) is 33.5 Å². The zero-order valence-electron chi connectivity index (χ0n) is 14.5. The molecule has 2 heterocycles. The molecule has 0 aliphatic rings. The van der Waals surface area contributed by atoms with Gasteiger partial charge in [-0.25, -0.2) is 4.98 Å². The van der Waals surface area contributed by atoms with Crippen LogP contribution in [-0.4, -0.2) is 21.1 Å². The number of para-hydroxylation sites is 2. The predicted octanol–water partition coefficient (Wildman–Crippen LogP) is 5.31. The number of hydrogen-bond acceptors (Lipinski definition) is 2. The molecule has 2 aromatic heterocycles. The third-order valence-corrected chi connectivity index (χ3v) is 5.34. The summed E-state index contributed by atoms with van der Waals surface area (Å²) < 4.78 is 2.11. The molecule has 0 radical (unpaired) electrons. The van der Waals surface area contributed by atoms with Gasteiger partial charge in [-0.05, 0) is 55.6 Å². The Morgan fingerprint density at radius 2 is 1.96 bits per heavy atom. The second-order valence-electron chi connectivity index (χ2n) is 6.52. The van der Waals surface area contributed by atoms with Crippen LogP contribution in [0.1, 0.15) is 18.4 Å². The first-order chi connectivity index (χ1) is 12.6. The van der Waals surface area contributed by atoms with E-state index < -0.39 is 0 Å². The highest BCUT2D eigenvalue weighted by Crippen LogP contribution is 2.37. The van der Waals surface area contributed by atoms with Crippen molar-refractivity contribution in [3.63, 3.8) is 0 Å². The second kappa shape index (κ2) is 6.95. The number of nitrogens with two attached hydrogens (primary N) is 1. The summed E-state index contributed by atoms with van der Waals surface area (Å²) in [6, 6.07) is 11.9. The Bertz CT molecular complexity index is 1090. The SMILES string of the molecule is Cn1c(-c2[nH]c3c(Cl)cc(Cl)cc3c2CCCCN)nc2ccccc21. The van der Waals surface area contributed by atoms with Gasteiger partial charge in [-0.15, -0.1) is 0 Å². The van der Waals surface area contributed by atoms with Gasteiger partial charge in [0.05, 0.1) is 27.3 Å². The second-order valence-corrected chi connectivity index (χ2v) is 7.36. The first-order valence-corrected chi connectivity index (χ1v) is 9.47. The number of benzene rings is 2. The van der Waals surface area contributed by atoms with Crippen molar-refractivity contribution in [2.45, 2.75) is 19.3 Å². The summed E-state index contributed by atoms with van der Waals surface area (Å²) in [4.78, 5) is 8.35. The van der Waals surface area contributed by atoms with Crippen LogP contribution < -0.4 is 5.73 Å². The van der Waals surface area contributed by atoms with Crippen molar-refractivity contribution in [1.82, 2.24) is 14.5 Å². The largest absolute Gasteiger partial charge is 0.351 e. The quantitative estimate of drug-likeness (QED) is 0.456. The van der Waals surface area contributed by atoms with Crippen LogP contribution in [0.3, 0.4) is 0 Å². The van der Waals surface area contributed by atoms with Crippen molar-refractivity contribution >= 4 is 45.1 Å². The standard InChI is InChI=1S/C20H20Cl2N4/c1-26-17-8-3-2-7-16(17)24-20(26)19-13(6-4-5-9-23)14-10-12(21)11-15(22)18(14)25-19/h2-3,7-8,10-11,25H,4-6,9,23H2,1H3. The number of hydrogen-bond donors (Lipinski definition) is 2. The fourth-order valence-corrected chi connectivity index (χ4v) is 4.08. The number of aromatic amines is 1. The van der Waals surface area contributed by atoms with Gasteiger partial charge in [-0.3, -0.25) is 0 Å².